The van der Waals surface area contributed by atoms with E-state index < -0.39 is 22.2 Å². The summed E-state index contributed by atoms with van der Waals surface area (Å²) in [7, 11) is -3.90. The molecule has 5 nitrogen and oxygen atoms in total. The van der Waals surface area contributed by atoms with Gasteiger partial charge in [0.25, 0.3) is 0 Å². The third kappa shape index (κ3) is 3.85. The third-order valence-corrected chi connectivity index (χ3v) is 4.93. The first-order chi connectivity index (χ1) is 12.1. The number of nitrogens with one attached hydrogen (secondary N) is 1. The Bertz CT molecular complexity index is 942. The van der Waals surface area contributed by atoms with Crippen molar-refractivity contribution in [3.05, 3.63) is 65.2 Å². The number of halogens is 4. The third-order valence-electron chi connectivity index (χ3n) is 3.75. The summed E-state index contributed by atoms with van der Waals surface area (Å²) >= 11 is 5.84. The molecule has 1 aliphatic heterocycles. The summed E-state index contributed by atoms with van der Waals surface area (Å²) in [5, 5.41) is 6.74. The van der Waals surface area contributed by atoms with Gasteiger partial charge in [-0.3, -0.25) is 5.01 Å². The number of benzene rings is 2. The highest BCUT2D eigenvalue weighted by Gasteiger charge is 2.43. The van der Waals surface area contributed by atoms with Crippen LogP contribution in [0.5, 0.6) is 0 Å². The molecule has 2 aromatic carbocycles. The summed E-state index contributed by atoms with van der Waals surface area (Å²) in [5.74, 6) is 0. The van der Waals surface area contributed by atoms with Gasteiger partial charge in [-0.2, -0.15) is 13.2 Å². The summed E-state index contributed by atoms with van der Waals surface area (Å²) < 4.78 is 62.2. The summed E-state index contributed by atoms with van der Waals surface area (Å²) in [5.41, 5.74) is 3.48. The van der Waals surface area contributed by atoms with Gasteiger partial charge in [-0.1, -0.05) is 23.7 Å². The Balaban J connectivity index is 2.01. The van der Waals surface area contributed by atoms with Crippen molar-refractivity contribution >= 4 is 33.0 Å². The number of rotatable bonds is 3. The molecule has 0 saturated heterocycles. The molecule has 10 heteroatoms. The van der Waals surface area contributed by atoms with Crippen LogP contribution in [0.3, 0.4) is 0 Å². The van der Waals surface area contributed by atoms with Gasteiger partial charge in [0.2, 0.25) is 10.0 Å². The maximum absolute atomic E-state index is 13.2. The predicted molar refractivity (Wildman–Crippen MR) is 92.7 cm³/mol. The second kappa shape index (κ2) is 6.58. The lowest BCUT2D eigenvalue weighted by atomic mass is 10.1. The summed E-state index contributed by atoms with van der Waals surface area (Å²) in [6.07, 6.45) is -3.44. The standard InChI is InChI=1S/C16H13ClF3N3O2S/c17-11-3-1-10(2-4-11)14-9-15(16(18,19)20)22-23(14)12-5-7-13(8-6-12)26(21,24)25/h1-9,15,22H,(H2,21,24,25). The number of nitrogens with zero attached hydrogens (tertiary/aromatic N) is 1. The van der Waals surface area contributed by atoms with Crippen molar-refractivity contribution in [3.8, 4) is 0 Å². The maximum atomic E-state index is 13.2. The number of hydrazine groups is 1. The van der Waals surface area contributed by atoms with E-state index in [1.165, 1.54) is 29.3 Å². The highest BCUT2D eigenvalue weighted by Crippen LogP contribution is 2.35. The van der Waals surface area contributed by atoms with E-state index in [4.69, 9.17) is 16.7 Å². The molecule has 0 fully saturated rings. The van der Waals surface area contributed by atoms with Crippen molar-refractivity contribution in [1.82, 2.24) is 5.43 Å². The van der Waals surface area contributed by atoms with Gasteiger partial charge in [0.05, 0.1) is 16.3 Å². The molecule has 2 aromatic rings. The van der Waals surface area contributed by atoms with Crippen LogP contribution in [0, 0.1) is 0 Å². The highest BCUT2D eigenvalue weighted by molar-refractivity contribution is 7.89. The molecule has 0 saturated carbocycles. The summed E-state index contributed by atoms with van der Waals surface area (Å²) in [4.78, 5) is -0.134. The lowest BCUT2D eigenvalue weighted by Gasteiger charge is -2.25. The number of anilines is 1. The molecule has 0 aromatic heterocycles. The monoisotopic (exact) mass is 403 g/mol. The number of alkyl halides is 3. The van der Waals surface area contributed by atoms with Gasteiger partial charge < -0.3 is 0 Å². The first-order valence-electron chi connectivity index (χ1n) is 7.29. The van der Waals surface area contributed by atoms with E-state index in [2.05, 4.69) is 5.43 Å². The molecular formula is C16H13ClF3N3O2S. The van der Waals surface area contributed by atoms with Gasteiger partial charge in [-0.15, -0.1) is 0 Å². The van der Waals surface area contributed by atoms with Gasteiger partial charge in [0, 0.05) is 5.02 Å². The topological polar surface area (TPSA) is 75.4 Å². The predicted octanol–water partition coefficient (Wildman–Crippen LogP) is 3.28. The van der Waals surface area contributed by atoms with E-state index in [0.29, 0.717) is 16.3 Å². The molecule has 1 aliphatic rings. The van der Waals surface area contributed by atoms with Crippen LogP contribution < -0.4 is 15.6 Å². The van der Waals surface area contributed by atoms with Crippen LogP contribution >= 0.6 is 11.6 Å². The fourth-order valence-electron chi connectivity index (χ4n) is 2.49. The van der Waals surface area contributed by atoms with Gasteiger partial charge in [0.1, 0.15) is 6.04 Å². The van der Waals surface area contributed by atoms with Crippen LogP contribution in [0.2, 0.25) is 5.02 Å². The molecule has 3 N–H and O–H groups in total. The zero-order chi connectivity index (χ0) is 19.1. The van der Waals surface area contributed by atoms with E-state index in [-0.39, 0.29) is 10.6 Å². The van der Waals surface area contributed by atoms with Gasteiger partial charge in [-0.25, -0.2) is 19.0 Å². The number of hydrogen-bond donors (Lipinski definition) is 2. The zero-order valence-electron chi connectivity index (χ0n) is 13.0. The minimum Gasteiger partial charge on any atom is -0.276 e. The van der Waals surface area contributed by atoms with Crippen LogP contribution in [-0.2, 0) is 10.0 Å². The van der Waals surface area contributed by atoms with E-state index >= 15 is 0 Å². The molecular weight excluding hydrogens is 391 g/mol. The van der Waals surface area contributed by atoms with E-state index in [1.807, 2.05) is 0 Å². The van der Waals surface area contributed by atoms with Gasteiger partial charge in [0.15, 0.2) is 0 Å². The largest absolute Gasteiger partial charge is 0.409 e. The van der Waals surface area contributed by atoms with Crippen LogP contribution in [0.4, 0.5) is 18.9 Å². The van der Waals surface area contributed by atoms with Crippen molar-refractivity contribution in [2.24, 2.45) is 5.14 Å². The number of hydrogen-bond acceptors (Lipinski definition) is 4. The van der Waals surface area contributed by atoms with E-state index in [1.54, 1.807) is 24.3 Å². The average molecular weight is 404 g/mol. The number of sulfonamides is 1. The first kappa shape index (κ1) is 18.7. The van der Waals surface area contributed by atoms with Crippen LogP contribution in [-0.4, -0.2) is 20.6 Å². The highest BCUT2D eigenvalue weighted by atomic mass is 35.5. The first-order valence-corrected chi connectivity index (χ1v) is 9.22. The van der Waals surface area contributed by atoms with E-state index in [9.17, 15) is 21.6 Å². The second-order valence-electron chi connectivity index (χ2n) is 5.58. The van der Waals surface area contributed by atoms with Crippen molar-refractivity contribution in [3.63, 3.8) is 0 Å². The van der Waals surface area contributed by atoms with Crippen molar-refractivity contribution in [1.29, 1.82) is 0 Å². The van der Waals surface area contributed by atoms with Gasteiger partial charge >= 0.3 is 6.18 Å². The number of nitrogens with two attached hydrogens (primary N) is 1. The van der Waals surface area contributed by atoms with Crippen molar-refractivity contribution in [2.45, 2.75) is 17.1 Å². The maximum Gasteiger partial charge on any atom is 0.409 e. The number of primary sulfonamides is 1. The van der Waals surface area contributed by atoms with Gasteiger partial charge in [-0.05, 0) is 48.0 Å². The lowest BCUT2D eigenvalue weighted by molar-refractivity contribution is -0.142. The Hall–Kier alpha value is -2.07. The normalized spacial score (nSPS) is 18.1. The fraction of sp³-hybridized carbons (Fsp3) is 0.125. The molecule has 26 heavy (non-hydrogen) atoms. The molecule has 138 valence electrons. The Morgan fingerprint density at radius 2 is 1.62 bits per heavy atom. The second-order valence-corrected chi connectivity index (χ2v) is 7.58. The zero-order valence-corrected chi connectivity index (χ0v) is 14.6. The summed E-state index contributed by atoms with van der Waals surface area (Å²) in [6, 6.07) is 9.65. The molecule has 0 amide bonds. The molecule has 1 unspecified atom stereocenters. The quantitative estimate of drug-likeness (QED) is 0.824. The Morgan fingerprint density at radius 1 is 1.04 bits per heavy atom. The minimum atomic E-state index is -4.49. The SMILES string of the molecule is NS(=O)(=O)c1ccc(N2NC(C(F)(F)F)C=C2c2ccc(Cl)cc2)cc1. The lowest BCUT2D eigenvalue weighted by Crippen LogP contribution is -2.44. The molecule has 3 rings (SSSR count). The van der Waals surface area contributed by atoms with Crippen LogP contribution in [0.25, 0.3) is 5.70 Å². The van der Waals surface area contributed by atoms with E-state index in [0.717, 1.165) is 6.08 Å². The Kier molecular flexibility index (Phi) is 4.74. The van der Waals surface area contributed by atoms with Crippen LogP contribution in [0.1, 0.15) is 5.56 Å². The molecule has 0 radical (unpaired) electrons. The fourth-order valence-corrected chi connectivity index (χ4v) is 3.13. The van der Waals surface area contributed by atoms with Crippen molar-refractivity contribution in [2.75, 3.05) is 5.01 Å². The molecule has 0 aliphatic carbocycles. The Morgan fingerprint density at radius 3 is 2.12 bits per heavy atom. The molecule has 1 atom stereocenters. The van der Waals surface area contributed by atoms with Crippen molar-refractivity contribution < 1.29 is 21.6 Å². The Labute approximate surface area is 152 Å². The average Bonchev–Trinajstić information content (AvgIpc) is 3.00. The molecule has 0 bridgehead atoms. The molecule has 0 spiro atoms. The summed E-state index contributed by atoms with van der Waals surface area (Å²) in [6.45, 7) is 0. The smallest absolute Gasteiger partial charge is 0.276 e. The molecule has 1 heterocycles. The van der Waals surface area contributed by atoms with Crippen LogP contribution in [0.15, 0.2) is 59.5 Å². The minimum absolute atomic E-state index is 0.134.